The van der Waals surface area contributed by atoms with E-state index in [1.54, 1.807) is 0 Å². The second-order valence-electron chi connectivity index (χ2n) is 6.37. The molecule has 1 aliphatic rings. The lowest BCUT2D eigenvalue weighted by Gasteiger charge is -2.39. The minimum atomic E-state index is -1.33. The van der Waals surface area contributed by atoms with Crippen molar-refractivity contribution in [3.05, 3.63) is 47.2 Å². The standard InChI is InChI=1S/C16H23NSSi/c1-13-10-11-15(19(2,3)4)16(18)17(13)12-14-8-6-5-7-9-14/h5-9,11,13H,10,12H2,1-4H3. The molecule has 0 fully saturated rings. The van der Waals surface area contributed by atoms with Gasteiger partial charge < -0.3 is 4.90 Å². The number of benzene rings is 1. The molecule has 1 atom stereocenters. The van der Waals surface area contributed by atoms with Gasteiger partial charge in [-0.3, -0.25) is 0 Å². The van der Waals surface area contributed by atoms with Gasteiger partial charge in [-0.15, -0.1) is 0 Å². The van der Waals surface area contributed by atoms with Crippen molar-refractivity contribution in [3.63, 3.8) is 0 Å². The van der Waals surface area contributed by atoms with Gasteiger partial charge >= 0.3 is 0 Å². The Balaban J connectivity index is 2.22. The molecule has 19 heavy (non-hydrogen) atoms. The molecule has 1 heterocycles. The van der Waals surface area contributed by atoms with Crippen LogP contribution in [0.4, 0.5) is 0 Å². The van der Waals surface area contributed by atoms with Crippen LogP contribution in [0.3, 0.4) is 0 Å². The van der Waals surface area contributed by atoms with Gasteiger partial charge in [-0.1, -0.05) is 68.3 Å². The lowest BCUT2D eigenvalue weighted by molar-refractivity contribution is 0.324. The summed E-state index contributed by atoms with van der Waals surface area (Å²) in [4.78, 5) is 3.49. The van der Waals surface area contributed by atoms with Gasteiger partial charge in [-0.2, -0.15) is 0 Å². The predicted octanol–water partition coefficient (Wildman–Crippen LogP) is 4.41. The fraction of sp³-hybridized carbons (Fsp3) is 0.438. The molecule has 0 bridgehead atoms. The van der Waals surface area contributed by atoms with Crippen molar-refractivity contribution in [2.24, 2.45) is 0 Å². The quantitative estimate of drug-likeness (QED) is 0.599. The van der Waals surface area contributed by atoms with Crippen molar-refractivity contribution in [3.8, 4) is 0 Å². The van der Waals surface area contributed by atoms with Gasteiger partial charge in [0.2, 0.25) is 0 Å². The Kier molecular flexibility index (Phi) is 4.26. The van der Waals surface area contributed by atoms with Gasteiger partial charge in [-0.05, 0) is 24.1 Å². The minimum absolute atomic E-state index is 0.507. The van der Waals surface area contributed by atoms with E-state index in [9.17, 15) is 0 Å². The highest BCUT2D eigenvalue weighted by atomic mass is 32.1. The smallest absolute Gasteiger partial charge is 0.101 e. The molecule has 1 unspecified atom stereocenters. The maximum absolute atomic E-state index is 5.77. The molecule has 0 radical (unpaired) electrons. The van der Waals surface area contributed by atoms with Crippen molar-refractivity contribution in [1.82, 2.24) is 4.90 Å². The molecule has 0 amide bonds. The van der Waals surface area contributed by atoms with Gasteiger partial charge in [0, 0.05) is 12.6 Å². The maximum Gasteiger partial charge on any atom is 0.101 e. The third kappa shape index (κ3) is 3.34. The zero-order chi connectivity index (χ0) is 14.0. The molecule has 102 valence electrons. The zero-order valence-corrected chi connectivity index (χ0v) is 14.1. The first-order valence-corrected chi connectivity index (χ1v) is 10.9. The second kappa shape index (κ2) is 5.59. The molecule has 1 aromatic carbocycles. The Labute approximate surface area is 123 Å². The largest absolute Gasteiger partial charge is 0.356 e. The minimum Gasteiger partial charge on any atom is -0.356 e. The Bertz CT molecular complexity index is 487. The molecular formula is C16H23NSSi. The van der Waals surface area contributed by atoms with E-state index in [-0.39, 0.29) is 0 Å². The molecule has 0 spiro atoms. The van der Waals surface area contributed by atoms with Crippen LogP contribution < -0.4 is 0 Å². The normalized spacial score (nSPS) is 20.4. The van der Waals surface area contributed by atoms with Gasteiger partial charge in [0.1, 0.15) is 4.99 Å². The Morgan fingerprint density at radius 3 is 2.42 bits per heavy atom. The molecule has 0 aromatic heterocycles. The highest BCUT2D eigenvalue weighted by Crippen LogP contribution is 2.27. The van der Waals surface area contributed by atoms with E-state index in [0.29, 0.717) is 6.04 Å². The van der Waals surface area contributed by atoms with Crippen LogP contribution in [-0.2, 0) is 6.54 Å². The summed E-state index contributed by atoms with van der Waals surface area (Å²) in [7, 11) is -1.33. The number of rotatable bonds is 3. The monoisotopic (exact) mass is 289 g/mol. The summed E-state index contributed by atoms with van der Waals surface area (Å²) in [5, 5.41) is 1.46. The summed E-state index contributed by atoms with van der Waals surface area (Å²) in [6, 6.07) is 11.1. The maximum atomic E-state index is 5.77. The van der Waals surface area contributed by atoms with Crippen LogP contribution in [0.15, 0.2) is 41.6 Å². The fourth-order valence-corrected chi connectivity index (χ4v) is 5.25. The molecular weight excluding hydrogens is 266 g/mol. The third-order valence-corrected chi connectivity index (χ3v) is 6.38. The fourth-order valence-electron chi connectivity index (χ4n) is 2.49. The molecule has 0 saturated carbocycles. The molecule has 2 rings (SSSR count). The summed E-state index contributed by atoms with van der Waals surface area (Å²) in [6.45, 7) is 10.3. The van der Waals surface area contributed by atoms with Crippen LogP contribution in [0, 0.1) is 0 Å². The van der Waals surface area contributed by atoms with Crippen molar-refractivity contribution in [1.29, 1.82) is 0 Å². The lowest BCUT2D eigenvalue weighted by atomic mass is 10.1. The van der Waals surface area contributed by atoms with Crippen LogP contribution in [0.25, 0.3) is 0 Å². The number of thiocarbonyl (C=S) groups is 1. The molecule has 1 aliphatic heterocycles. The van der Waals surface area contributed by atoms with Crippen molar-refractivity contribution in [2.75, 3.05) is 0 Å². The van der Waals surface area contributed by atoms with Crippen LogP contribution in [0.2, 0.25) is 19.6 Å². The van der Waals surface area contributed by atoms with Crippen LogP contribution in [-0.4, -0.2) is 24.0 Å². The molecule has 3 heteroatoms. The Morgan fingerprint density at radius 2 is 1.84 bits per heavy atom. The van der Waals surface area contributed by atoms with Crippen LogP contribution in [0.1, 0.15) is 18.9 Å². The zero-order valence-electron chi connectivity index (χ0n) is 12.3. The van der Waals surface area contributed by atoms with Crippen LogP contribution in [0.5, 0.6) is 0 Å². The van der Waals surface area contributed by atoms with Crippen molar-refractivity contribution >= 4 is 25.3 Å². The summed E-state index contributed by atoms with van der Waals surface area (Å²) in [5.41, 5.74) is 1.34. The number of hydrogen-bond donors (Lipinski definition) is 0. The van der Waals surface area contributed by atoms with E-state index in [2.05, 4.69) is 67.9 Å². The van der Waals surface area contributed by atoms with Gasteiger partial charge in [0.15, 0.2) is 0 Å². The van der Waals surface area contributed by atoms with E-state index >= 15 is 0 Å². The number of nitrogens with zero attached hydrogens (tertiary/aromatic N) is 1. The first-order chi connectivity index (χ1) is 8.89. The Hall–Kier alpha value is -0.933. The first kappa shape index (κ1) is 14.5. The molecule has 1 nitrogen and oxygen atoms in total. The van der Waals surface area contributed by atoms with Gasteiger partial charge in [-0.25, -0.2) is 0 Å². The summed E-state index contributed by atoms with van der Waals surface area (Å²) in [6.07, 6.45) is 3.51. The highest BCUT2D eigenvalue weighted by molar-refractivity contribution is 7.81. The highest BCUT2D eigenvalue weighted by Gasteiger charge is 2.31. The first-order valence-electron chi connectivity index (χ1n) is 6.95. The summed E-state index contributed by atoms with van der Waals surface area (Å²) in [5.74, 6) is 0. The van der Waals surface area contributed by atoms with E-state index in [1.165, 1.54) is 10.8 Å². The van der Waals surface area contributed by atoms with E-state index in [1.807, 2.05) is 0 Å². The van der Waals surface area contributed by atoms with Gasteiger partial charge in [0.05, 0.1) is 8.07 Å². The van der Waals surface area contributed by atoms with Gasteiger partial charge in [0.25, 0.3) is 0 Å². The SMILES string of the molecule is CC1CC=C([Si](C)(C)C)C(=S)N1Cc1ccccc1. The molecule has 1 aromatic rings. The van der Waals surface area contributed by atoms with E-state index in [0.717, 1.165) is 18.0 Å². The van der Waals surface area contributed by atoms with E-state index in [4.69, 9.17) is 12.2 Å². The van der Waals surface area contributed by atoms with Crippen LogP contribution >= 0.6 is 12.2 Å². The topological polar surface area (TPSA) is 3.24 Å². The van der Waals surface area contributed by atoms with E-state index < -0.39 is 8.07 Å². The third-order valence-electron chi connectivity index (χ3n) is 3.69. The lowest BCUT2D eigenvalue weighted by Crippen LogP contribution is -2.45. The van der Waals surface area contributed by atoms with Crippen molar-refractivity contribution < 1.29 is 0 Å². The average Bonchev–Trinajstić information content (AvgIpc) is 2.34. The molecule has 0 aliphatic carbocycles. The molecule has 0 saturated heterocycles. The Morgan fingerprint density at radius 1 is 1.21 bits per heavy atom. The summed E-state index contributed by atoms with van der Waals surface area (Å²) >= 11 is 5.77. The second-order valence-corrected chi connectivity index (χ2v) is 11.8. The number of hydrogen-bond acceptors (Lipinski definition) is 1. The summed E-state index contributed by atoms with van der Waals surface area (Å²) < 4.78 is 0. The molecule has 0 N–H and O–H groups in total. The predicted molar refractivity (Wildman–Crippen MR) is 90.1 cm³/mol. The average molecular weight is 290 g/mol. The van der Waals surface area contributed by atoms with Crippen molar-refractivity contribution in [2.45, 2.75) is 45.6 Å².